The molecule has 0 spiro atoms. The highest BCUT2D eigenvalue weighted by molar-refractivity contribution is 6.02. The van der Waals surface area contributed by atoms with Gasteiger partial charge in [-0.25, -0.2) is 18.2 Å². The van der Waals surface area contributed by atoms with E-state index in [0.29, 0.717) is 34.3 Å². The Bertz CT molecular complexity index is 1440. The molecule has 0 fully saturated rings. The molecule has 0 saturated heterocycles. The Morgan fingerprint density at radius 3 is 2.46 bits per heavy atom. The monoisotopic (exact) mass is 497 g/mol. The van der Waals surface area contributed by atoms with E-state index in [9.17, 15) is 22.8 Å². The Morgan fingerprint density at radius 2 is 1.74 bits per heavy atom. The number of fused-ring (bicyclic) bond motifs is 1. The summed E-state index contributed by atoms with van der Waals surface area (Å²) in [5.74, 6) is -2.98. The van der Waals surface area contributed by atoms with Gasteiger partial charge in [-0.1, -0.05) is 24.3 Å². The summed E-state index contributed by atoms with van der Waals surface area (Å²) in [6.45, 7) is 1.46. The van der Waals surface area contributed by atoms with E-state index in [1.807, 2.05) is 6.07 Å². The summed E-state index contributed by atoms with van der Waals surface area (Å²) in [5, 5.41) is 9.07. The maximum atomic E-state index is 14.3. The van der Waals surface area contributed by atoms with E-state index in [0.717, 1.165) is 18.3 Å². The van der Waals surface area contributed by atoms with Crippen LogP contribution in [0.25, 0.3) is 11.4 Å². The van der Waals surface area contributed by atoms with Crippen LogP contribution in [0, 0.1) is 35.7 Å². The molecule has 0 amide bonds. The largest absolute Gasteiger partial charge is 0.322 e. The van der Waals surface area contributed by atoms with Crippen LogP contribution in [0.5, 0.6) is 0 Å². The van der Waals surface area contributed by atoms with Crippen molar-refractivity contribution < 1.29 is 22.8 Å². The van der Waals surface area contributed by atoms with Crippen molar-refractivity contribution in [2.45, 2.75) is 26.3 Å². The minimum absolute atomic E-state index is 0. The number of nitrogens with zero attached hydrogens (tertiary/aromatic N) is 3. The molecule has 0 unspecified atom stereocenters. The van der Waals surface area contributed by atoms with E-state index in [-0.39, 0.29) is 42.9 Å². The molecule has 5 nitrogen and oxygen atoms in total. The summed E-state index contributed by atoms with van der Waals surface area (Å²) >= 11 is 0. The third-order valence-corrected chi connectivity index (χ3v) is 5.58. The molecular formula is C26H19ClF3N3O2. The highest BCUT2D eigenvalue weighted by Gasteiger charge is 2.22. The second-order valence-electron chi connectivity index (χ2n) is 7.84. The van der Waals surface area contributed by atoms with Gasteiger partial charge in [0.1, 0.15) is 23.3 Å². The van der Waals surface area contributed by atoms with E-state index < -0.39 is 29.0 Å². The van der Waals surface area contributed by atoms with Gasteiger partial charge in [-0.2, -0.15) is 5.26 Å². The molecule has 0 radical (unpaired) electrons. The molecule has 0 bridgehead atoms. The molecule has 0 atom stereocenters. The number of halogens is 4. The summed E-state index contributed by atoms with van der Waals surface area (Å²) < 4.78 is 42.9. The molecule has 9 heteroatoms. The number of hydrogen-bond acceptors (Lipinski definition) is 4. The first-order valence-electron chi connectivity index (χ1n) is 10.4. The van der Waals surface area contributed by atoms with Gasteiger partial charge in [0.05, 0.1) is 24.6 Å². The van der Waals surface area contributed by atoms with E-state index in [4.69, 9.17) is 5.26 Å². The Balaban J connectivity index is 0.00000342. The fourth-order valence-electron chi connectivity index (χ4n) is 3.97. The summed E-state index contributed by atoms with van der Waals surface area (Å²) in [7, 11) is 0. The lowest BCUT2D eigenvalue weighted by Crippen LogP contribution is -2.17. The summed E-state index contributed by atoms with van der Waals surface area (Å²) in [6.07, 6.45) is 0.947. The number of benzene rings is 2. The van der Waals surface area contributed by atoms with Gasteiger partial charge in [-0.15, -0.1) is 12.4 Å². The average molecular weight is 498 g/mol. The fraction of sp³-hybridized carbons (Fsp3) is 0.154. The number of carbonyl (C=O) groups is 2. The van der Waals surface area contributed by atoms with Crippen molar-refractivity contribution in [3.05, 3.63) is 100 Å². The van der Waals surface area contributed by atoms with E-state index >= 15 is 0 Å². The summed E-state index contributed by atoms with van der Waals surface area (Å²) in [6, 6.07) is 12.4. The van der Waals surface area contributed by atoms with Crippen LogP contribution < -0.4 is 0 Å². The fourth-order valence-corrected chi connectivity index (χ4v) is 3.97. The second-order valence-corrected chi connectivity index (χ2v) is 7.84. The lowest BCUT2D eigenvalue weighted by Gasteiger charge is -2.14. The molecule has 0 aromatic heterocycles. The van der Waals surface area contributed by atoms with Crippen molar-refractivity contribution in [1.82, 2.24) is 9.55 Å². The van der Waals surface area contributed by atoms with Crippen LogP contribution >= 0.6 is 12.4 Å². The average Bonchev–Trinajstić information content (AvgIpc) is 3.09. The minimum atomic E-state index is -0.975. The SMILES string of the molecule is Cc1nc2n(CC(=O)c3ccccc3CC(=O)c3ccc(F)cc3F)cc(F)cc-2c1CC#N.Cl. The van der Waals surface area contributed by atoms with Crippen LogP contribution in [0.4, 0.5) is 13.2 Å². The van der Waals surface area contributed by atoms with Gasteiger partial charge in [0.25, 0.3) is 0 Å². The van der Waals surface area contributed by atoms with Crippen LogP contribution in [0.3, 0.4) is 0 Å². The van der Waals surface area contributed by atoms with Crippen LogP contribution in [0.2, 0.25) is 0 Å². The number of Topliss-reactive ketones (excluding diaryl/α,β-unsaturated/α-hetero) is 2. The molecule has 0 aliphatic carbocycles. The quantitative estimate of drug-likeness (QED) is 0.315. The molecule has 2 aromatic carbocycles. The van der Waals surface area contributed by atoms with Crippen molar-refractivity contribution >= 4 is 24.0 Å². The first-order valence-corrected chi connectivity index (χ1v) is 10.4. The maximum absolute atomic E-state index is 14.3. The number of pyridine rings is 1. The number of nitriles is 1. The van der Waals surface area contributed by atoms with Crippen molar-refractivity contribution in [1.29, 1.82) is 5.26 Å². The minimum Gasteiger partial charge on any atom is -0.322 e. The van der Waals surface area contributed by atoms with Gasteiger partial charge in [-0.05, 0) is 36.2 Å². The van der Waals surface area contributed by atoms with E-state index in [2.05, 4.69) is 4.98 Å². The zero-order valence-corrected chi connectivity index (χ0v) is 19.3. The molecule has 2 aliphatic heterocycles. The van der Waals surface area contributed by atoms with Crippen molar-refractivity contribution in [3.63, 3.8) is 0 Å². The van der Waals surface area contributed by atoms with Gasteiger partial charge in [-0.3, -0.25) is 9.59 Å². The maximum Gasteiger partial charge on any atom is 0.182 e. The first kappa shape index (κ1) is 25.7. The smallest absolute Gasteiger partial charge is 0.182 e. The Labute approximate surface area is 205 Å². The number of aryl methyl sites for hydroxylation is 1. The zero-order valence-electron chi connectivity index (χ0n) is 18.5. The van der Waals surface area contributed by atoms with Gasteiger partial charge in [0.2, 0.25) is 0 Å². The predicted molar refractivity (Wildman–Crippen MR) is 125 cm³/mol. The summed E-state index contributed by atoms with van der Waals surface area (Å²) in [4.78, 5) is 30.2. The van der Waals surface area contributed by atoms with Crippen LogP contribution in [-0.4, -0.2) is 21.1 Å². The van der Waals surface area contributed by atoms with Crippen molar-refractivity contribution in [3.8, 4) is 17.5 Å². The Kier molecular flexibility index (Phi) is 7.72. The number of ketones is 2. The predicted octanol–water partition coefficient (Wildman–Crippen LogP) is 5.51. The number of hydrogen-bond donors (Lipinski definition) is 0. The lowest BCUT2D eigenvalue weighted by atomic mass is 9.96. The molecule has 178 valence electrons. The molecule has 2 aromatic rings. The molecule has 0 saturated carbocycles. The number of aromatic nitrogens is 2. The molecule has 2 aliphatic rings. The molecular weight excluding hydrogens is 479 g/mol. The van der Waals surface area contributed by atoms with Crippen LogP contribution in [0.1, 0.15) is 37.5 Å². The normalized spacial score (nSPS) is 10.6. The van der Waals surface area contributed by atoms with Crippen LogP contribution in [0.15, 0.2) is 54.7 Å². The third-order valence-electron chi connectivity index (χ3n) is 5.58. The highest BCUT2D eigenvalue weighted by Crippen LogP contribution is 2.30. The number of carbonyl (C=O) groups excluding carboxylic acids is 2. The topological polar surface area (TPSA) is 75.8 Å². The summed E-state index contributed by atoms with van der Waals surface area (Å²) in [5.41, 5.74) is 1.96. The second kappa shape index (κ2) is 10.5. The van der Waals surface area contributed by atoms with Crippen molar-refractivity contribution in [2.75, 3.05) is 0 Å². The molecule has 4 rings (SSSR count). The van der Waals surface area contributed by atoms with Gasteiger partial charge in [0.15, 0.2) is 11.6 Å². The molecule has 2 heterocycles. The van der Waals surface area contributed by atoms with E-state index in [1.54, 1.807) is 25.1 Å². The lowest BCUT2D eigenvalue weighted by molar-refractivity contribution is 0.0970. The first-order chi connectivity index (χ1) is 16.3. The van der Waals surface area contributed by atoms with Crippen molar-refractivity contribution in [2.24, 2.45) is 0 Å². The van der Waals surface area contributed by atoms with Gasteiger partial charge in [0, 0.05) is 35.5 Å². The number of rotatable bonds is 7. The van der Waals surface area contributed by atoms with Gasteiger partial charge < -0.3 is 4.57 Å². The Morgan fingerprint density at radius 1 is 1.00 bits per heavy atom. The Hall–Kier alpha value is -3.96. The molecule has 35 heavy (non-hydrogen) atoms. The standard InChI is InChI=1S/C26H18F3N3O2.ClH/c1-15-19(8-9-30)22-11-18(28)13-32(26(22)31-15)14-25(34)20-5-3-2-4-16(20)10-24(33)21-7-6-17(27)12-23(21)29;/h2-7,11-13H,8,10,14H2,1H3;1H. The van der Waals surface area contributed by atoms with Crippen LogP contribution in [-0.2, 0) is 19.4 Å². The van der Waals surface area contributed by atoms with E-state index in [1.165, 1.54) is 16.7 Å². The van der Waals surface area contributed by atoms with Gasteiger partial charge >= 0.3 is 0 Å². The zero-order chi connectivity index (χ0) is 24.4. The highest BCUT2D eigenvalue weighted by atomic mass is 35.5. The molecule has 0 N–H and O–H groups in total. The third kappa shape index (κ3) is 5.26.